The summed E-state index contributed by atoms with van der Waals surface area (Å²) in [6.07, 6.45) is 1.18. The summed E-state index contributed by atoms with van der Waals surface area (Å²) in [5.74, 6) is 0.782. The summed E-state index contributed by atoms with van der Waals surface area (Å²) in [6, 6.07) is 7.66. The first kappa shape index (κ1) is 17.3. The molecule has 0 bridgehead atoms. The van der Waals surface area contributed by atoms with Crippen LogP contribution in [0.15, 0.2) is 24.3 Å². The van der Waals surface area contributed by atoms with Gasteiger partial charge in [0.1, 0.15) is 12.4 Å². The number of likely N-dealkylation sites (N-methyl/N-ethyl adjacent to an activating group) is 1. The molecule has 0 spiro atoms. The molecule has 0 aliphatic rings. The first-order valence-electron chi connectivity index (χ1n) is 7.47. The smallest absolute Gasteiger partial charge is 0.326 e. The number of nitrogens with zero attached hydrogens (tertiary/aromatic N) is 2. The highest BCUT2D eigenvalue weighted by Crippen LogP contribution is 2.19. The molecule has 0 saturated carbocycles. The number of carbonyl (C=O) groups is 2. The van der Waals surface area contributed by atoms with Gasteiger partial charge in [0.05, 0.1) is 16.8 Å². The molecular weight excluding hydrogens is 314 g/mol. The average molecular weight is 335 g/mol. The molecule has 124 valence electrons. The molecule has 1 heterocycles. The fourth-order valence-electron chi connectivity index (χ4n) is 2.28. The Morgan fingerprint density at radius 1 is 1.39 bits per heavy atom. The van der Waals surface area contributed by atoms with Crippen LogP contribution in [0.4, 0.5) is 0 Å². The number of nitrogens with one attached hydrogen (secondary N) is 1. The van der Waals surface area contributed by atoms with Gasteiger partial charge in [0.2, 0.25) is 0 Å². The van der Waals surface area contributed by atoms with Crippen LogP contribution >= 0.6 is 11.8 Å². The Bertz CT molecular complexity index is 699. The molecule has 1 atom stereocenters. The number of esters is 1. The number of fused-ring (bicyclic) bond motifs is 1. The highest BCUT2D eigenvalue weighted by atomic mass is 32.2. The number of aromatic nitrogens is 2. The number of thioether (sulfide) groups is 1. The van der Waals surface area contributed by atoms with E-state index in [9.17, 15) is 9.59 Å². The molecule has 6 nitrogen and oxygen atoms in total. The predicted molar refractivity (Wildman–Crippen MR) is 91.2 cm³/mol. The Hall–Kier alpha value is -2.02. The van der Waals surface area contributed by atoms with Crippen molar-refractivity contribution in [1.29, 1.82) is 0 Å². The molecule has 1 N–H and O–H groups in total. The molecular formula is C16H21N3O3S. The number of para-hydroxylation sites is 2. The van der Waals surface area contributed by atoms with Gasteiger partial charge in [-0.1, -0.05) is 12.1 Å². The van der Waals surface area contributed by atoms with Gasteiger partial charge in [-0.25, -0.2) is 4.98 Å². The van der Waals surface area contributed by atoms with Crippen LogP contribution < -0.4 is 5.32 Å². The van der Waals surface area contributed by atoms with Gasteiger partial charge in [-0.2, -0.15) is 11.8 Å². The number of hydrogen-bond acceptors (Lipinski definition) is 5. The third-order valence-corrected chi connectivity index (χ3v) is 3.87. The zero-order chi connectivity index (χ0) is 16.8. The lowest BCUT2D eigenvalue weighted by atomic mass is 10.3. The Balaban J connectivity index is 2.15. The van der Waals surface area contributed by atoms with E-state index in [1.54, 1.807) is 18.7 Å². The number of hydrogen-bond donors (Lipinski definition) is 1. The molecule has 0 aliphatic heterocycles. The fraction of sp³-hybridized carbons (Fsp3) is 0.438. The highest BCUT2D eigenvalue weighted by Gasteiger charge is 2.19. The number of amides is 1. The molecule has 1 aromatic heterocycles. The third-order valence-electron chi connectivity index (χ3n) is 3.32. The minimum atomic E-state index is -0.804. The average Bonchev–Trinajstić information content (AvgIpc) is 2.85. The third kappa shape index (κ3) is 4.25. The number of benzene rings is 1. The monoisotopic (exact) mass is 335 g/mol. The lowest BCUT2D eigenvalue weighted by Crippen LogP contribution is -2.36. The summed E-state index contributed by atoms with van der Waals surface area (Å²) in [4.78, 5) is 28.4. The van der Waals surface area contributed by atoms with Crippen LogP contribution in [-0.4, -0.2) is 40.3 Å². The lowest BCUT2D eigenvalue weighted by molar-refractivity contribution is -0.155. The number of imidazole rings is 1. The normalized spacial score (nSPS) is 12.1. The molecule has 2 rings (SSSR count). The van der Waals surface area contributed by atoms with Crippen molar-refractivity contribution in [2.45, 2.75) is 32.2 Å². The lowest BCUT2D eigenvalue weighted by Gasteiger charge is -2.14. The Kier molecular flexibility index (Phi) is 6.04. The molecule has 0 saturated heterocycles. The zero-order valence-corrected chi connectivity index (χ0v) is 14.4. The predicted octanol–water partition coefficient (Wildman–Crippen LogP) is 1.97. The SMILES string of the molecule is CCNC(=O)[C@H](C)OC(=O)Cn1c(CSC)nc2ccccc21. The minimum Gasteiger partial charge on any atom is -0.451 e. The Morgan fingerprint density at radius 2 is 2.13 bits per heavy atom. The topological polar surface area (TPSA) is 73.2 Å². The number of carbonyl (C=O) groups excluding carboxylic acids is 2. The van der Waals surface area contributed by atoms with Gasteiger partial charge in [-0.05, 0) is 32.2 Å². The maximum Gasteiger partial charge on any atom is 0.326 e. The van der Waals surface area contributed by atoms with Crippen molar-refractivity contribution in [2.24, 2.45) is 0 Å². The molecule has 1 aromatic carbocycles. The highest BCUT2D eigenvalue weighted by molar-refractivity contribution is 7.97. The number of ether oxygens (including phenoxy) is 1. The van der Waals surface area contributed by atoms with Crippen LogP contribution in [0, 0.1) is 0 Å². The van der Waals surface area contributed by atoms with E-state index in [1.807, 2.05) is 42.0 Å². The summed E-state index contributed by atoms with van der Waals surface area (Å²) in [6.45, 7) is 3.93. The molecule has 2 aromatic rings. The van der Waals surface area contributed by atoms with Crippen LogP contribution in [0.5, 0.6) is 0 Å². The van der Waals surface area contributed by atoms with Gasteiger partial charge in [-0.15, -0.1) is 0 Å². The summed E-state index contributed by atoms with van der Waals surface area (Å²) in [5, 5.41) is 2.63. The van der Waals surface area contributed by atoms with E-state index >= 15 is 0 Å². The number of rotatable bonds is 7. The van der Waals surface area contributed by atoms with Crippen molar-refractivity contribution in [1.82, 2.24) is 14.9 Å². The second kappa shape index (κ2) is 8.01. The quantitative estimate of drug-likeness (QED) is 0.783. The fourth-order valence-corrected chi connectivity index (χ4v) is 2.75. The van der Waals surface area contributed by atoms with Crippen molar-refractivity contribution < 1.29 is 14.3 Å². The van der Waals surface area contributed by atoms with Crippen LogP contribution in [0.2, 0.25) is 0 Å². The summed E-state index contributed by atoms with van der Waals surface area (Å²) in [5.41, 5.74) is 1.74. The van der Waals surface area contributed by atoms with Crippen molar-refractivity contribution in [2.75, 3.05) is 12.8 Å². The summed E-state index contributed by atoms with van der Waals surface area (Å²) < 4.78 is 7.06. The second-order valence-electron chi connectivity index (χ2n) is 5.06. The summed E-state index contributed by atoms with van der Waals surface area (Å²) >= 11 is 1.64. The van der Waals surface area contributed by atoms with Crippen molar-refractivity contribution >= 4 is 34.7 Å². The van der Waals surface area contributed by atoms with Crippen molar-refractivity contribution in [3.8, 4) is 0 Å². The van der Waals surface area contributed by atoms with Gasteiger partial charge in [0, 0.05) is 6.54 Å². The van der Waals surface area contributed by atoms with Gasteiger partial charge in [0.25, 0.3) is 5.91 Å². The zero-order valence-electron chi connectivity index (χ0n) is 13.5. The minimum absolute atomic E-state index is 0.0418. The van der Waals surface area contributed by atoms with Crippen LogP contribution in [-0.2, 0) is 26.6 Å². The van der Waals surface area contributed by atoms with Gasteiger partial charge in [-0.3, -0.25) is 9.59 Å². The molecule has 0 unspecified atom stereocenters. The molecule has 0 aliphatic carbocycles. The molecule has 7 heteroatoms. The molecule has 1 amide bonds. The van der Waals surface area contributed by atoms with Gasteiger partial charge in [0.15, 0.2) is 6.10 Å². The van der Waals surface area contributed by atoms with E-state index in [0.29, 0.717) is 12.3 Å². The maximum atomic E-state index is 12.2. The van der Waals surface area contributed by atoms with E-state index < -0.39 is 12.1 Å². The van der Waals surface area contributed by atoms with Crippen molar-refractivity contribution in [3.05, 3.63) is 30.1 Å². The maximum absolute atomic E-state index is 12.2. The van der Waals surface area contributed by atoms with E-state index in [-0.39, 0.29) is 12.5 Å². The first-order chi connectivity index (χ1) is 11.1. The first-order valence-corrected chi connectivity index (χ1v) is 8.86. The summed E-state index contributed by atoms with van der Waals surface area (Å²) in [7, 11) is 0. The van der Waals surface area contributed by atoms with E-state index in [1.165, 1.54) is 0 Å². The Labute approximate surface area is 139 Å². The van der Waals surface area contributed by atoms with Gasteiger partial charge < -0.3 is 14.6 Å². The van der Waals surface area contributed by atoms with E-state index in [0.717, 1.165) is 16.9 Å². The standard InChI is InChI=1S/C16H21N3O3S/c1-4-17-16(21)11(2)22-15(20)9-19-13-8-6-5-7-12(13)18-14(19)10-23-3/h5-8,11H,4,9-10H2,1-3H3,(H,17,21)/t11-/m0/s1. The van der Waals surface area contributed by atoms with Crippen molar-refractivity contribution in [3.63, 3.8) is 0 Å². The molecule has 0 radical (unpaired) electrons. The van der Waals surface area contributed by atoms with E-state index in [2.05, 4.69) is 10.3 Å². The Morgan fingerprint density at radius 3 is 2.83 bits per heavy atom. The molecule has 23 heavy (non-hydrogen) atoms. The van der Waals surface area contributed by atoms with Crippen LogP contribution in [0.25, 0.3) is 11.0 Å². The largest absolute Gasteiger partial charge is 0.451 e. The van der Waals surface area contributed by atoms with Crippen LogP contribution in [0.1, 0.15) is 19.7 Å². The molecule has 0 fully saturated rings. The second-order valence-corrected chi connectivity index (χ2v) is 5.93. The van der Waals surface area contributed by atoms with Gasteiger partial charge >= 0.3 is 5.97 Å². The van der Waals surface area contributed by atoms with Crippen LogP contribution in [0.3, 0.4) is 0 Å². The van der Waals surface area contributed by atoms with E-state index in [4.69, 9.17) is 4.74 Å².